The van der Waals surface area contributed by atoms with Crippen molar-refractivity contribution >= 4 is 11.8 Å². The molecular formula is C14H24N2O3. The van der Waals surface area contributed by atoms with E-state index >= 15 is 0 Å². The van der Waals surface area contributed by atoms with Gasteiger partial charge in [0, 0.05) is 19.7 Å². The summed E-state index contributed by atoms with van der Waals surface area (Å²) in [7, 11) is 1.65. The van der Waals surface area contributed by atoms with Crippen LogP contribution in [-0.4, -0.2) is 48.1 Å². The lowest BCUT2D eigenvalue weighted by Gasteiger charge is -2.26. The van der Waals surface area contributed by atoms with Gasteiger partial charge in [-0.15, -0.1) is 0 Å². The Morgan fingerprint density at radius 2 is 1.95 bits per heavy atom. The lowest BCUT2D eigenvalue weighted by atomic mass is 10.1. The van der Waals surface area contributed by atoms with E-state index in [9.17, 15) is 9.59 Å². The smallest absolute Gasteiger partial charge is 0.247 e. The van der Waals surface area contributed by atoms with Gasteiger partial charge >= 0.3 is 0 Å². The lowest BCUT2D eigenvalue weighted by Crippen LogP contribution is -2.47. The van der Waals surface area contributed by atoms with Crippen LogP contribution >= 0.6 is 0 Å². The Morgan fingerprint density at radius 1 is 1.32 bits per heavy atom. The summed E-state index contributed by atoms with van der Waals surface area (Å²) in [6.45, 7) is 4.47. The molecule has 5 nitrogen and oxygen atoms in total. The molecule has 0 aromatic rings. The van der Waals surface area contributed by atoms with Crippen LogP contribution in [0.1, 0.15) is 46.0 Å². The number of hydrogen-bond donors (Lipinski definition) is 1. The van der Waals surface area contributed by atoms with Gasteiger partial charge in [-0.3, -0.25) is 14.5 Å². The molecule has 0 aromatic carbocycles. The minimum atomic E-state index is -0.373. The molecule has 19 heavy (non-hydrogen) atoms. The molecule has 1 unspecified atom stereocenters. The molecule has 1 N–H and O–H groups in total. The van der Waals surface area contributed by atoms with E-state index in [-0.39, 0.29) is 35.9 Å². The van der Waals surface area contributed by atoms with E-state index in [1.807, 2.05) is 13.8 Å². The van der Waals surface area contributed by atoms with Gasteiger partial charge in [-0.25, -0.2) is 0 Å². The first-order valence-corrected chi connectivity index (χ1v) is 7.09. The van der Waals surface area contributed by atoms with Crippen molar-refractivity contribution in [2.45, 2.75) is 63.6 Å². The highest BCUT2D eigenvalue weighted by Crippen LogP contribution is 2.28. The second-order valence-corrected chi connectivity index (χ2v) is 6.14. The number of nitrogens with zero attached hydrogens (tertiary/aromatic N) is 1. The van der Waals surface area contributed by atoms with Crippen molar-refractivity contribution in [3.63, 3.8) is 0 Å². The summed E-state index contributed by atoms with van der Waals surface area (Å²) >= 11 is 0. The van der Waals surface area contributed by atoms with Crippen LogP contribution < -0.4 is 5.32 Å². The third kappa shape index (κ3) is 3.15. The van der Waals surface area contributed by atoms with Crippen LogP contribution in [0, 0.1) is 0 Å². The van der Waals surface area contributed by atoms with E-state index in [4.69, 9.17) is 4.74 Å². The largest absolute Gasteiger partial charge is 0.377 e. The van der Waals surface area contributed by atoms with Crippen LogP contribution in [0.2, 0.25) is 0 Å². The maximum absolute atomic E-state index is 12.3. The van der Waals surface area contributed by atoms with Gasteiger partial charge in [-0.1, -0.05) is 12.8 Å². The molecule has 0 radical (unpaired) electrons. The van der Waals surface area contributed by atoms with Crippen molar-refractivity contribution in [3.8, 4) is 0 Å². The predicted octanol–water partition coefficient (Wildman–Crippen LogP) is 1.07. The van der Waals surface area contributed by atoms with Gasteiger partial charge in [0.1, 0.15) is 0 Å². The molecule has 1 saturated heterocycles. The summed E-state index contributed by atoms with van der Waals surface area (Å²) in [4.78, 5) is 25.8. The second kappa shape index (κ2) is 5.59. The molecule has 1 heterocycles. The van der Waals surface area contributed by atoms with Gasteiger partial charge in [0.25, 0.3) is 0 Å². The molecule has 2 fully saturated rings. The molecule has 2 amide bonds. The summed E-state index contributed by atoms with van der Waals surface area (Å²) < 4.78 is 5.31. The van der Waals surface area contributed by atoms with Crippen molar-refractivity contribution in [1.82, 2.24) is 10.2 Å². The molecule has 0 bridgehead atoms. The highest BCUT2D eigenvalue weighted by molar-refractivity contribution is 6.05. The first-order chi connectivity index (χ1) is 8.94. The monoisotopic (exact) mass is 268 g/mol. The zero-order valence-electron chi connectivity index (χ0n) is 12.1. The predicted molar refractivity (Wildman–Crippen MR) is 71.6 cm³/mol. The SMILES string of the molecule is COC(C)(C)CNC1CC(=O)N(C2CCCC2)C1=O. The highest BCUT2D eigenvalue weighted by atomic mass is 16.5. The number of nitrogens with one attached hydrogen (secondary N) is 1. The molecule has 1 saturated carbocycles. The topological polar surface area (TPSA) is 58.6 Å². The Kier molecular flexibility index (Phi) is 4.26. The van der Waals surface area contributed by atoms with Gasteiger partial charge < -0.3 is 10.1 Å². The molecule has 5 heteroatoms. The van der Waals surface area contributed by atoms with Crippen LogP contribution in [-0.2, 0) is 14.3 Å². The molecule has 1 atom stereocenters. The van der Waals surface area contributed by atoms with Crippen molar-refractivity contribution in [3.05, 3.63) is 0 Å². The maximum atomic E-state index is 12.3. The average molecular weight is 268 g/mol. The van der Waals surface area contributed by atoms with Crippen molar-refractivity contribution in [2.75, 3.05) is 13.7 Å². The Bertz CT molecular complexity index is 362. The second-order valence-electron chi connectivity index (χ2n) is 6.14. The summed E-state index contributed by atoms with van der Waals surface area (Å²) in [5.41, 5.74) is -0.329. The Morgan fingerprint density at radius 3 is 2.53 bits per heavy atom. The fourth-order valence-electron chi connectivity index (χ4n) is 2.80. The standard InChI is InChI=1S/C14H24N2O3/c1-14(2,19-3)9-15-11-8-12(17)16(13(11)18)10-6-4-5-7-10/h10-11,15H,4-9H2,1-3H3. The number of carbonyl (C=O) groups excluding carboxylic acids is 2. The molecule has 1 aliphatic carbocycles. The third-order valence-electron chi connectivity index (χ3n) is 4.20. The van der Waals surface area contributed by atoms with Gasteiger partial charge in [0.05, 0.1) is 18.1 Å². The average Bonchev–Trinajstić information content (AvgIpc) is 2.96. The van der Waals surface area contributed by atoms with Gasteiger partial charge in [0.15, 0.2) is 0 Å². The van der Waals surface area contributed by atoms with E-state index < -0.39 is 0 Å². The lowest BCUT2D eigenvalue weighted by molar-refractivity contribution is -0.141. The van der Waals surface area contributed by atoms with E-state index in [0.29, 0.717) is 6.54 Å². The Labute approximate surface area is 114 Å². The van der Waals surface area contributed by atoms with Gasteiger partial charge in [-0.2, -0.15) is 0 Å². The van der Waals surface area contributed by atoms with Crippen molar-refractivity contribution in [1.29, 1.82) is 0 Å². The van der Waals surface area contributed by atoms with E-state index in [1.54, 1.807) is 7.11 Å². The summed E-state index contributed by atoms with van der Waals surface area (Å²) in [5, 5.41) is 3.17. The van der Waals surface area contributed by atoms with Crippen LogP contribution in [0.25, 0.3) is 0 Å². The summed E-state index contributed by atoms with van der Waals surface area (Å²) in [6, 6.07) is -0.232. The van der Waals surface area contributed by atoms with Crippen LogP contribution in [0.4, 0.5) is 0 Å². The van der Waals surface area contributed by atoms with Crippen molar-refractivity contribution in [2.24, 2.45) is 0 Å². The van der Waals surface area contributed by atoms with Crippen LogP contribution in [0.3, 0.4) is 0 Å². The Hall–Kier alpha value is -0.940. The number of ether oxygens (including phenoxy) is 1. The number of rotatable bonds is 5. The molecule has 0 spiro atoms. The molecule has 1 aliphatic heterocycles. The number of hydrogen-bond acceptors (Lipinski definition) is 4. The number of likely N-dealkylation sites (tertiary alicyclic amines) is 1. The Balaban J connectivity index is 1.94. The first kappa shape index (κ1) is 14.5. The van der Waals surface area contributed by atoms with Crippen LogP contribution in [0.15, 0.2) is 0 Å². The van der Waals surface area contributed by atoms with Gasteiger partial charge in [0.2, 0.25) is 11.8 Å². The molecule has 2 aliphatic rings. The molecule has 108 valence electrons. The first-order valence-electron chi connectivity index (χ1n) is 7.09. The number of carbonyl (C=O) groups is 2. The fourth-order valence-corrected chi connectivity index (χ4v) is 2.80. The third-order valence-corrected chi connectivity index (χ3v) is 4.20. The van der Waals surface area contributed by atoms with E-state index in [0.717, 1.165) is 25.7 Å². The number of amides is 2. The minimum absolute atomic E-state index is 0.0235. The van der Waals surface area contributed by atoms with E-state index in [1.165, 1.54) is 4.90 Å². The minimum Gasteiger partial charge on any atom is -0.377 e. The zero-order chi connectivity index (χ0) is 14.0. The van der Waals surface area contributed by atoms with Crippen LogP contribution in [0.5, 0.6) is 0 Å². The summed E-state index contributed by atoms with van der Waals surface area (Å²) in [5.74, 6) is -0.0755. The number of imide groups is 1. The molecule has 0 aromatic heterocycles. The summed E-state index contributed by atoms with van der Waals surface area (Å²) in [6.07, 6.45) is 4.46. The number of methoxy groups -OCH3 is 1. The molecule has 2 rings (SSSR count). The van der Waals surface area contributed by atoms with E-state index in [2.05, 4.69) is 5.32 Å². The quantitative estimate of drug-likeness (QED) is 0.758. The highest BCUT2D eigenvalue weighted by Gasteiger charge is 2.43. The van der Waals surface area contributed by atoms with Gasteiger partial charge in [-0.05, 0) is 26.7 Å². The maximum Gasteiger partial charge on any atom is 0.247 e. The zero-order valence-corrected chi connectivity index (χ0v) is 12.1. The molecular weight excluding hydrogens is 244 g/mol. The van der Waals surface area contributed by atoms with Crippen molar-refractivity contribution < 1.29 is 14.3 Å². The normalized spacial score (nSPS) is 25.6. The fraction of sp³-hybridized carbons (Fsp3) is 0.857.